The minimum Gasteiger partial charge on any atom is -0.462 e. The zero-order chi connectivity index (χ0) is 29.9. The van der Waals surface area contributed by atoms with Crippen LogP contribution < -0.4 is 10.7 Å². The molecule has 1 heterocycles. The van der Waals surface area contributed by atoms with Crippen molar-refractivity contribution in [3.8, 4) is 22.5 Å². The van der Waals surface area contributed by atoms with Gasteiger partial charge in [-0.25, -0.2) is 4.79 Å². The van der Waals surface area contributed by atoms with Crippen molar-refractivity contribution in [2.75, 3.05) is 25.0 Å². The van der Waals surface area contributed by atoms with Crippen LogP contribution in [0.15, 0.2) is 57.9 Å². The Morgan fingerprint density at radius 1 is 0.833 bits per heavy atom. The highest BCUT2D eigenvalue weighted by Gasteiger charge is 2.23. The molecule has 0 saturated heterocycles. The normalized spacial score (nSPS) is 11.9. The van der Waals surface area contributed by atoms with E-state index in [4.69, 9.17) is 9.15 Å². The summed E-state index contributed by atoms with van der Waals surface area (Å²) in [5.74, 6) is 0.474. The Morgan fingerprint density at radius 2 is 1.55 bits per heavy atom. The molecule has 0 atom stereocenters. The molecule has 0 fully saturated rings. The number of rotatable bonds is 15. The standard InChI is InChI=1S/C37H48N2O3/c1-6-9-10-11-12-13-14-15-18-21-41-37(40)29-20-17-16-19-28(29)36-30-22-26(4)32(38-7-2)24-34(30)42-35-25-33(39-8-3)27(5)23-31(35)36/h16-17,19-20,22-25,38H,6-15,18,21H2,1-5H3. The monoisotopic (exact) mass is 568 g/mol. The molecular weight excluding hydrogens is 520 g/mol. The van der Waals surface area contributed by atoms with E-state index in [1.54, 1.807) is 0 Å². The minimum absolute atomic E-state index is 0.275. The second-order valence-corrected chi connectivity index (χ2v) is 11.3. The van der Waals surface area contributed by atoms with Gasteiger partial charge in [-0.1, -0.05) is 76.5 Å². The van der Waals surface area contributed by atoms with Gasteiger partial charge in [-0.15, -0.1) is 0 Å². The van der Waals surface area contributed by atoms with Crippen LogP contribution >= 0.6 is 0 Å². The highest BCUT2D eigenvalue weighted by Crippen LogP contribution is 2.43. The van der Waals surface area contributed by atoms with Crippen LogP contribution in [0.4, 0.5) is 5.69 Å². The molecule has 0 aromatic heterocycles. The first-order chi connectivity index (χ1) is 20.5. The van der Waals surface area contributed by atoms with Gasteiger partial charge in [0.2, 0.25) is 0 Å². The number of carbonyl (C=O) groups excluding carboxylic acids is 1. The average Bonchev–Trinajstić information content (AvgIpc) is 2.98. The van der Waals surface area contributed by atoms with Crippen molar-refractivity contribution in [1.82, 2.24) is 0 Å². The predicted octanol–water partition coefficient (Wildman–Crippen LogP) is 9.86. The lowest BCUT2D eigenvalue weighted by atomic mass is 9.89. The van der Waals surface area contributed by atoms with E-state index < -0.39 is 0 Å². The number of fused-ring (bicyclic) bond motifs is 2. The molecule has 2 aromatic rings. The molecule has 0 saturated carbocycles. The van der Waals surface area contributed by atoms with E-state index in [-0.39, 0.29) is 5.97 Å². The van der Waals surface area contributed by atoms with Gasteiger partial charge in [0.1, 0.15) is 11.3 Å². The number of esters is 1. The first-order valence-corrected chi connectivity index (χ1v) is 16.0. The largest absolute Gasteiger partial charge is 0.462 e. The Labute approximate surface area is 251 Å². The highest BCUT2D eigenvalue weighted by atomic mass is 16.5. The van der Waals surface area contributed by atoms with E-state index in [0.717, 1.165) is 75.0 Å². The van der Waals surface area contributed by atoms with Crippen molar-refractivity contribution in [2.24, 2.45) is 4.99 Å². The van der Waals surface area contributed by atoms with Gasteiger partial charge in [-0.3, -0.25) is 4.99 Å². The summed E-state index contributed by atoms with van der Waals surface area (Å²) >= 11 is 0. The fourth-order valence-electron chi connectivity index (χ4n) is 5.73. The van der Waals surface area contributed by atoms with Gasteiger partial charge in [0, 0.05) is 47.4 Å². The Morgan fingerprint density at radius 3 is 2.26 bits per heavy atom. The zero-order valence-corrected chi connectivity index (χ0v) is 26.3. The molecule has 5 nitrogen and oxygen atoms in total. The van der Waals surface area contributed by atoms with Crippen LogP contribution in [0.2, 0.25) is 0 Å². The number of anilines is 1. The number of nitrogens with zero attached hydrogens (tertiary/aromatic N) is 1. The summed E-state index contributed by atoms with van der Waals surface area (Å²) in [4.78, 5) is 18.2. The van der Waals surface area contributed by atoms with Crippen molar-refractivity contribution in [3.05, 3.63) is 70.6 Å². The Hall–Kier alpha value is -3.60. The van der Waals surface area contributed by atoms with Crippen LogP contribution in [0.5, 0.6) is 0 Å². The molecule has 0 spiro atoms. The Kier molecular flexibility index (Phi) is 11.6. The van der Waals surface area contributed by atoms with Crippen molar-refractivity contribution in [1.29, 1.82) is 0 Å². The lowest BCUT2D eigenvalue weighted by Crippen LogP contribution is -2.11. The van der Waals surface area contributed by atoms with Crippen molar-refractivity contribution in [3.63, 3.8) is 0 Å². The summed E-state index contributed by atoms with van der Waals surface area (Å²) in [5.41, 5.74) is 7.39. The zero-order valence-electron chi connectivity index (χ0n) is 26.3. The number of benzene rings is 3. The smallest absolute Gasteiger partial charge is 0.338 e. The van der Waals surface area contributed by atoms with E-state index in [1.165, 1.54) is 44.9 Å². The molecule has 1 aliphatic carbocycles. The number of hydrogen-bond acceptors (Lipinski definition) is 5. The maximum absolute atomic E-state index is 13.5. The molecule has 224 valence electrons. The fourth-order valence-corrected chi connectivity index (χ4v) is 5.73. The van der Waals surface area contributed by atoms with E-state index in [2.05, 4.69) is 56.2 Å². The van der Waals surface area contributed by atoms with E-state index in [0.29, 0.717) is 18.7 Å². The van der Waals surface area contributed by atoms with Crippen LogP contribution in [0.3, 0.4) is 0 Å². The first-order valence-electron chi connectivity index (χ1n) is 16.0. The molecule has 5 heteroatoms. The maximum Gasteiger partial charge on any atom is 0.338 e. The van der Waals surface area contributed by atoms with Crippen molar-refractivity contribution < 1.29 is 13.9 Å². The second-order valence-electron chi connectivity index (χ2n) is 11.3. The molecule has 42 heavy (non-hydrogen) atoms. The quantitative estimate of drug-likeness (QED) is 0.0880. The molecule has 0 amide bonds. The van der Waals surface area contributed by atoms with Crippen LogP contribution in [0.25, 0.3) is 33.4 Å². The molecule has 0 bridgehead atoms. The molecule has 4 rings (SSSR count). The molecule has 2 aromatic carbocycles. The highest BCUT2D eigenvalue weighted by molar-refractivity contribution is 6.08. The topological polar surface area (TPSA) is 63.8 Å². The van der Waals surface area contributed by atoms with E-state index in [1.807, 2.05) is 37.3 Å². The molecule has 0 radical (unpaired) electrons. The van der Waals surface area contributed by atoms with Gasteiger partial charge >= 0.3 is 5.97 Å². The van der Waals surface area contributed by atoms with E-state index >= 15 is 0 Å². The number of unbranched alkanes of at least 4 members (excludes halogenated alkanes) is 8. The molecule has 2 aliphatic rings. The Bertz CT molecular complexity index is 1520. The minimum atomic E-state index is -0.275. The SMILES string of the molecule is CCCCCCCCCCCOC(=O)c1ccccc1-c1c2cc(C)c(=NCC)cc-2oc2cc(NCC)c(C)cc12. The summed E-state index contributed by atoms with van der Waals surface area (Å²) in [5, 5.41) is 5.34. The van der Waals surface area contributed by atoms with Crippen LogP contribution in [-0.2, 0) is 4.74 Å². The molecule has 1 N–H and O–H groups in total. The number of carbonyl (C=O) groups is 1. The third-order valence-electron chi connectivity index (χ3n) is 7.98. The summed E-state index contributed by atoms with van der Waals surface area (Å²) in [6, 6.07) is 16.2. The predicted molar refractivity (Wildman–Crippen MR) is 176 cm³/mol. The molecule has 0 unspecified atom stereocenters. The van der Waals surface area contributed by atoms with Gasteiger partial charge in [0.15, 0.2) is 0 Å². The van der Waals surface area contributed by atoms with Crippen molar-refractivity contribution >= 4 is 22.6 Å². The summed E-state index contributed by atoms with van der Waals surface area (Å²) in [6.07, 6.45) is 11.1. The second kappa shape index (κ2) is 15.6. The molecular formula is C37H48N2O3. The fraction of sp³-hybridized carbons (Fsp3) is 0.459. The van der Waals surface area contributed by atoms with Gasteiger partial charge in [0.05, 0.1) is 17.5 Å². The molecule has 1 aliphatic heterocycles. The summed E-state index contributed by atoms with van der Waals surface area (Å²) < 4.78 is 12.4. The summed E-state index contributed by atoms with van der Waals surface area (Å²) in [7, 11) is 0. The lowest BCUT2D eigenvalue weighted by Gasteiger charge is -2.20. The Balaban J connectivity index is 1.65. The average molecular weight is 569 g/mol. The number of hydrogen-bond donors (Lipinski definition) is 1. The third kappa shape index (κ3) is 7.61. The van der Waals surface area contributed by atoms with Crippen molar-refractivity contribution in [2.45, 2.75) is 92.4 Å². The number of ether oxygens (including phenoxy) is 1. The van der Waals surface area contributed by atoms with Crippen LogP contribution in [-0.4, -0.2) is 25.7 Å². The van der Waals surface area contributed by atoms with Gasteiger partial charge < -0.3 is 14.5 Å². The van der Waals surface area contributed by atoms with Gasteiger partial charge in [-0.2, -0.15) is 0 Å². The van der Waals surface area contributed by atoms with Gasteiger partial charge in [-0.05, 0) is 69.0 Å². The van der Waals surface area contributed by atoms with Crippen LogP contribution in [0.1, 0.15) is 100 Å². The van der Waals surface area contributed by atoms with Gasteiger partial charge in [0.25, 0.3) is 0 Å². The lowest BCUT2D eigenvalue weighted by molar-refractivity contribution is 0.0498. The first kappa shape index (κ1) is 31.3. The number of nitrogens with one attached hydrogen (secondary N) is 1. The third-order valence-corrected chi connectivity index (χ3v) is 7.98. The van der Waals surface area contributed by atoms with E-state index in [9.17, 15) is 4.79 Å². The summed E-state index contributed by atoms with van der Waals surface area (Å²) in [6.45, 7) is 12.5. The van der Waals surface area contributed by atoms with Crippen LogP contribution in [0, 0.1) is 13.8 Å². The number of aryl methyl sites for hydroxylation is 2. The maximum atomic E-state index is 13.5.